The second-order valence-corrected chi connectivity index (χ2v) is 7.43. The number of nitrogens with one attached hydrogen (secondary N) is 2. The van der Waals surface area contributed by atoms with E-state index in [0.29, 0.717) is 5.92 Å². The van der Waals surface area contributed by atoms with Gasteiger partial charge < -0.3 is 10.6 Å². The van der Waals surface area contributed by atoms with E-state index >= 15 is 0 Å². The van der Waals surface area contributed by atoms with Gasteiger partial charge in [0, 0.05) is 9.89 Å². The largest absolute Gasteiger partial charge is 0.349 e. The van der Waals surface area contributed by atoms with Crippen molar-refractivity contribution in [1.29, 1.82) is 0 Å². The van der Waals surface area contributed by atoms with Crippen molar-refractivity contribution < 1.29 is 4.79 Å². The molecular weight excluding hydrogens is 328 g/mol. The Kier molecular flexibility index (Phi) is 5.44. The normalized spacial score (nSPS) is 20.9. The molecule has 1 heterocycles. The van der Waals surface area contributed by atoms with Crippen molar-refractivity contribution >= 4 is 21.8 Å². The molecule has 116 valence electrons. The lowest BCUT2D eigenvalue weighted by Crippen LogP contribution is -2.47. The van der Waals surface area contributed by atoms with Gasteiger partial charge in [-0.1, -0.05) is 41.9 Å². The summed E-state index contributed by atoms with van der Waals surface area (Å²) < 4.78 is 1.04. The van der Waals surface area contributed by atoms with E-state index in [0.717, 1.165) is 36.0 Å². The van der Waals surface area contributed by atoms with Crippen LogP contribution in [0, 0.1) is 11.3 Å². The molecule has 0 radical (unpaired) electrons. The van der Waals surface area contributed by atoms with E-state index in [9.17, 15) is 4.79 Å². The zero-order chi connectivity index (χ0) is 15.5. The van der Waals surface area contributed by atoms with E-state index in [1.165, 1.54) is 0 Å². The molecule has 1 aromatic carbocycles. The van der Waals surface area contributed by atoms with Crippen LogP contribution in [0.15, 0.2) is 28.7 Å². The summed E-state index contributed by atoms with van der Waals surface area (Å²) in [6, 6.07) is 8.12. The van der Waals surface area contributed by atoms with Crippen molar-refractivity contribution in [2.75, 3.05) is 13.1 Å². The van der Waals surface area contributed by atoms with Gasteiger partial charge in [-0.3, -0.25) is 4.79 Å². The minimum atomic E-state index is -0.340. The third-order valence-corrected chi connectivity index (χ3v) is 5.09. The molecule has 0 aromatic heterocycles. The van der Waals surface area contributed by atoms with Crippen molar-refractivity contribution in [3.63, 3.8) is 0 Å². The lowest BCUT2D eigenvalue weighted by atomic mass is 9.74. The zero-order valence-corrected chi connectivity index (χ0v) is 14.7. The average Bonchev–Trinajstić information content (AvgIpc) is 2.48. The molecule has 1 aromatic rings. The van der Waals surface area contributed by atoms with E-state index in [1.807, 2.05) is 25.1 Å². The van der Waals surface area contributed by atoms with Gasteiger partial charge in [-0.2, -0.15) is 0 Å². The maximum absolute atomic E-state index is 12.7. The van der Waals surface area contributed by atoms with Crippen LogP contribution in [0.5, 0.6) is 0 Å². The summed E-state index contributed by atoms with van der Waals surface area (Å²) in [4.78, 5) is 12.7. The monoisotopic (exact) mass is 352 g/mol. The van der Waals surface area contributed by atoms with Gasteiger partial charge in [0.25, 0.3) is 0 Å². The molecule has 0 saturated carbocycles. The molecule has 21 heavy (non-hydrogen) atoms. The molecule has 0 spiro atoms. The van der Waals surface area contributed by atoms with Gasteiger partial charge in [0.2, 0.25) is 5.91 Å². The number of benzene rings is 1. The predicted octanol–water partition coefficient (Wildman–Crippen LogP) is 3.65. The molecule has 2 rings (SSSR count). The summed E-state index contributed by atoms with van der Waals surface area (Å²) in [5.74, 6) is 0.546. The molecule has 0 bridgehead atoms. The quantitative estimate of drug-likeness (QED) is 0.868. The smallest absolute Gasteiger partial charge is 0.226 e. The molecule has 2 atom stereocenters. The third-order valence-electron chi connectivity index (χ3n) is 4.60. The first-order valence-corrected chi connectivity index (χ1v) is 8.47. The summed E-state index contributed by atoms with van der Waals surface area (Å²) in [7, 11) is 0. The molecule has 0 aliphatic carbocycles. The maximum Gasteiger partial charge on any atom is 0.226 e. The minimum absolute atomic E-state index is 0.0193. The van der Waals surface area contributed by atoms with E-state index in [1.54, 1.807) is 0 Å². The number of amides is 1. The zero-order valence-electron chi connectivity index (χ0n) is 13.1. The number of carbonyl (C=O) groups is 1. The molecule has 2 N–H and O–H groups in total. The number of carbonyl (C=O) groups excluding carboxylic acids is 1. The van der Waals surface area contributed by atoms with Gasteiger partial charge >= 0.3 is 0 Å². The average molecular weight is 353 g/mol. The number of hydrogen-bond donors (Lipinski definition) is 2. The fraction of sp³-hybridized carbons (Fsp3) is 0.588. The first-order chi connectivity index (χ1) is 9.91. The van der Waals surface area contributed by atoms with Gasteiger partial charge in [0.1, 0.15) is 0 Å². The second kappa shape index (κ2) is 6.93. The first-order valence-electron chi connectivity index (χ1n) is 7.68. The molecular formula is C17H25BrN2O. The lowest BCUT2D eigenvalue weighted by Gasteiger charge is -2.36. The van der Waals surface area contributed by atoms with Crippen LogP contribution in [0.2, 0.25) is 0 Å². The van der Waals surface area contributed by atoms with Crippen LogP contribution in [0.1, 0.15) is 45.2 Å². The number of halogens is 1. The molecule has 3 nitrogen and oxygen atoms in total. The lowest BCUT2D eigenvalue weighted by molar-refractivity contribution is -0.133. The Morgan fingerprint density at radius 1 is 1.48 bits per heavy atom. The Morgan fingerprint density at radius 3 is 2.86 bits per heavy atom. The van der Waals surface area contributed by atoms with E-state index in [4.69, 9.17) is 0 Å². The third kappa shape index (κ3) is 4.07. The molecule has 1 unspecified atom stereocenters. The second-order valence-electron chi connectivity index (χ2n) is 6.52. The molecule has 1 saturated heterocycles. The Bertz CT molecular complexity index is 495. The van der Waals surface area contributed by atoms with Crippen molar-refractivity contribution in [2.24, 2.45) is 11.3 Å². The van der Waals surface area contributed by atoms with Crippen LogP contribution in [0.4, 0.5) is 0 Å². The summed E-state index contributed by atoms with van der Waals surface area (Å²) in [5, 5.41) is 6.58. The van der Waals surface area contributed by atoms with Crippen LogP contribution in [0.25, 0.3) is 0 Å². The van der Waals surface area contributed by atoms with E-state index in [-0.39, 0.29) is 17.4 Å². The van der Waals surface area contributed by atoms with Crippen molar-refractivity contribution in [1.82, 2.24) is 10.6 Å². The summed E-state index contributed by atoms with van der Waals surface area (Å²) in [6.07, 6.45) is 2.28. The van der Waals surface area contributed by atoms with E-state index in [2.05, 4.69) is 46.5 Å². The first kappa shape index (κ1) is 16.5. The fourth-order valence-electron chi connectivity index (χ4n) is 2.90. The summed E-state index contributed by atoms with van der Waals surface area (Å²) in [6.45, 7) is 8.17. The van der Waals surface area contributed by atoms with Crippen LogP contribution < -0.4 is 10.6 Å². The van der Waals surface area contributed by atoms with Crippen LogP contribution in [-0.4, -0.2) is 19.0 Å². The van der Waals surface area contributed by atoms with Gasteiger partial charge in [0.05, 0.1) is 6.04 Å². The minimum Gasteiger partial charge on any atom is -0.349 e. The van der Waals surface area contributed by atoms with Gasteiger partial charge in [-0.15, -0.1) is 0 Å². The van der Waals surface area contributed by atoms with Gasteiger partial charge in [0.15, 0.2) is 0 Å². The highest BCUT2D eigenvalue weighted by Gasteiger charge is 2.37. The van der Waals surface area contributed by atoms with Crippen molar-refractivity contribution in [2.45, 2.75) is 39.7 Å². The summed E-state index contributed by atoms with van der Waals surface area (Å²) in [5.41, 5.74) is 0.781. The van der Waals surface area contributed by atoms with Gasteiger partial charge in [-0.25, -0.2) is 0 Å². The van der Waals surface area contributed by atoms with Crippen LogP contribution >= 0.6 is 15.9 Å². The summed E-state index contributed by atoms with van der Waals surface area (Å²) >= 11 is 3.48. The number of rotatable bonds is 4. The Balaban J connectivity index is 2.02. The Hall–Kier alpha value is -0.870. The Labute approximate surface area is 136 Å². The SMILES string of the molecule is C[C@@H](NC(=O)C(C)(C)C1CCCNC1)c1cccc(Br)c1. The highest BCUT2D eigenvalue weighted by molar-refractivity contribution is 9.10. The highest BCUT2D eigenvalue weighted by Crippen LogP contribution is 2.32. The van der Waals surface area contributed by atoms with Crippen LogP contribution in [-0.2, 0) is 4.79 Å². The Morgan fingerprint density at radius 2 is 2.24 bits per heavy atom. The molecule has 4 heteroatoms. The topological polar surface area (TPSA) is 41.1 Å². The van der Waals surface area contributed by atoms with Gasteiger partial charge in [-0.05, 0) is 56.5 Å². The molecule has 1 aliphatic rings. The maximum atomic E-state index is 12.7. The molecule has 1 amide bonds. The fourth-order valence-corrected chi connectivity index (χ4v) is 3.31. The predicted molar refractivity (Wildman–Crippen MR) is 90.1 cm³/mol. The standard InChI is InChI=1S/C17H25BrN2O/c1-12(13-6-4-8-15(18)10-13)20-16(21)17(2,3)14-7-5-9-19-11-14/h4,6,8,10,12,14,19H,5,7,9,11H2,1-3H3,(H,20,21)/t12-,14?/m1/s1. The number of hydrogen-bond acceptors (Lipinski definition) is 2. The molecule has 1 aliphatic heterocycles. The van der Waals surface area contributed by atoms with Crippen molar-refractivity contribution in [3.05, 3.63) is 34.3 Å². The van der Waals surface area contributed by atoms with Crippen molar-refractivity contribution in [3.8, 4) is 0 Å². The molecule has 1 fully saturated rings. The van der Waals surface area contributed by atoms with E-state index < -0.39 is 0 Å². The van der Waals surface area contributed by atoms with Crippen LogP contribution in [0.3, 0.4) is 0 Å². The highest BCUT2D eigenvalue weighted by atomic mass is 79.9. The number of piperidine rings is 1.